The third-order valence-corrected chi connectivity index (χ3v) is 7.53. The fraction of sp³-hybridized carbons (Fsp3) is 0.233. The van der Waals surface area contributed by atoms with Crippen molar-refractivity contribution in [3.63, 3.8) is 0 Å². The average Bonchev–Trinajstić information content (AvgIpc) is 2.85. The Balaban J connectivity index is 1.37. The first kappa shape index (κ1) is 25.5. The molecule has 0 heterocycles. The normalized spacial score (nSPS) is 11.4. The zero-order chi connectivity index (χ0) is 25.7. The maximum Gasteiger partial charge on any atom is 0.251 e. The molecule has 0 radical (unpaired) electrons. The minimum Gasteiger partial charge on any atom is -0.352 e. The lowest BCUT2D eigenvalue weighted by Crippen LogP contribution is -2.30. The van der Waals surface area contributed by atoms with E-state index in [1.807, 2.05) is 50.2 Å². The van der Waals surface area contributed by atoms with Gasteiger partial charge in [-0.1, -0.05) is 72.8 Å². The second kappa shape index (κ2) is 11.0. The standard InChI is InChI=1S/C30H32N2O3S/c1-22-9-6-10-23(2)29(22)32(36(3,34)35)21-24-16-18-27(19-17-24)30(33)31-20-8-14-26-13-7-12-25-11-4-5-15-28(25)26/h4-7,9-13,15-19H,8,14,20-21H2,1-3H3,(H,31,33). The van der Waals surface area contributed by atoms with Gasteiger partial charge >= 0.3 is 0 Å². The summed E-state index contributed by atoms with van der Waals surface area (Å²) >= 11 is 0. The van der Waals surface area contributed by atoms with Crippen molar-refractivity contribution in [2.75, 3.05) is 17.1 Å². The summed E-state index contributed by atoms with van der Waals surface area (Å²) in [5, 5.41) is 5.48. The molecule has 0 unspecified atom stereocenters. The lowest BCUT2D eigenvalue weighted by atomic mass is 10.0. The molecule has 1 N–H and O–H groups in total. The van der Waals surface area contributed by atoms with Gasteiger partial charge < -0.3 is 5.32 Å². The summed E-state index contributed by atoms with van der Waals surface area (Å²) in [6, 6.07) is 27.5. The van der Waals surface area contributed by atoms with Crippen LogP contribution in [0, 0.1) is 13.8 Å². The Bertz CT molecular complexity index is 1450. The van der Waals surface area contributed by atoms with Crippen molar-refractivity contribution in [3.05, 3.63) is 113 Å². The molecule has 0 saturated heterocycles. The van der Waals surface area contributed by atoms with Crippen LogP contribution in [-0.4, -0.2) is 27.1 Å². The summed E-state index contributed by atoms with van der Waals surface area (Å²) in [5.41, 5.74) is 5.16. The van der Waals surface area contributed by atoms with E-state index in [1.54, 1.807) is 12.1 Å². The number of nitrogens with one attached hydrogen (secondary N) is 1. The van der Waals surface area contributed by atoms with E-state index in [0.717, 1.165) is 29.5 Å². The van der Waals surface area contributed by atoms with Gasteiger partial charge in [-0.3, -0.25) is 9.10 Å². The minimum atomic E-state index is -3.49. The zero-order valence-electron chi connectivity index (χ0n) is 21.0. The first-order chi connectivity index (χ1) is 17.2. The minimum absolute atomic E-state index is 0.130. The number of anilines is 1. The predicted molar refractivity (Wildman–Crippen MR) is 148 cm³/mol. The van der Waals surface area contributed by atoms with Gasteiger partial charge in [0.15, 0.2) is 0 Å². The quantitative estimate of drug-likeness (QED) is 0.296. The fourth-order valence-electron chi connectivity index (χ4n) is 4.58. The summed E-state index contributed by atoms with van der Waals surface area (Å²) in [6.45, 7) is 4.61. The molecule has 0 aromatic heterocycles. The Morgan fingerprint density at radius 2 is 1.47 bits per heavy atom. The number of hydrogen-bond donors (Lipinski definition) is 1. The van der Waals surface area contributed by atoms with Crippen molar-refractivity contribution in [1.29, 1.82) is 0 Å². The van der Waals surface area contributed by atoms with Crippen LogP contribution >= 0.6 is 0 Å². The van der Waals surface area contributed by atoms with Crippen LogP contribution in [0.15, 0.2) is 84.9 Å². The van der Waals surface area contributed by atoms with Gasteiger partial charge in [-0.2, -0.15) is 0 Å². The molecule has 0 saturated carbocycles. The molecule has 4 rings (SSSR count). The molecule has 0 aliphatic heterocycles. The summed E-state index contributed by atoms with van der Waals surface area (Å²) in [4.78, 5) is 12.7. The molecular formula is C30H32N2O3S. The number of sulfonamides is 1. The van der Waals surface area contributed by atoms with E-state index in [9.17, 15) is 13.2 Å². The summed E-state index contributed by atoms with van der Waals surface area (Å²) in [5.74, 6) is -0.130. The van der Waals surface area contributed by atoms with Gasteiger partial charge in [-0.05, 0) is 71.8 Å². The van der Waals surface area contributed by atoms with Crippen molar-refractivity contribution in [2.24, 2.45) is 0 Å². The molecule has 0 aliphatic rings. The highest BCUT2D eigenvalue weighted by atomic mass is 32.2. The maximum atomic E-state index is 12.7. The van der Waals surface area contributed by atoms with Gasteiger partial charge in [0.2, 0.25) is 10.0 Å². The third kappa shape index (κ3) is 5.94. The summed E-state index contributed by atoms with van der Waals surface area (Å²) in [7, 11) is -3.49. The molecule has 0 bridgehead atoms. The van der Waals surface area contributed by atoms with Gasteiger partial charge in [-0.25, -0.2) is 8.42 Å². The Hall–Kier alpha value is -3.64. The molecule has 6 heteroatoms. The molecule has 0 aliphatic carbocycles. The number of fused-ring (bicyclic) bond motifs is 1. The molecule has 0 spiro atoms. The highest BCUT2D eigenvalue weighted by Gasteiger charge is 2.21. The Labute approximate surface area is 213 Å². The molecule has 1 amide bonds. The zero-order valence-corrected chi connectivity index (χ0v) is 21.8. The molecule has 36 heavy (non-hydrogen) atoms. The maximum absolute atomic E-state index is 12.7. The van der Waals surface area contributed by atoms with Crippen molar-refractivity contribution in [1.82, 2.24) is 5.32 Å². The second-order valence-corrected chi connectivity index (χ2v) is 11.1. The van der Waals surface area contributed by atoms with Crippen molar-refractivity contribution in [2.45, 2.75) is 33.2 Å². The number of nitrogens with zero attached hydrogens (tertiary/aromatic N) is 1. The number of amides is 1. The van der Waals surface area contributed by atoms with Gasteiger partial charge in [0.25, 0.3) is 5.91 Å². The lowest BCUT2D eigenvalue weighted by molar-refractivity contribution is 0.0953. The molecule has 5 nitrogen and oxygen atoms in total. The van der Waals surface area contributed by atoms with Crippen LogP contribution in [-0.2, 0) is 23.0 Å². The van der Waals surface area contributed by atoms with Crippen LogP contribution in [0.25, 0.3) is 10.8 Å². The molecule has 0 fully saturated rings. The Morgan fingerprint density at radius 1 is 0.833 bits per heavy atom. The van der Waals surface area contributed by atoms with E-state index in [0.29, 0.717) is 17.8 Å². The number of aryl methyl sites for hydroxylation is 3. The fourth-order valence-corrected chi connectivity index (χ4v) is 5.59. The Morgan fingerprint density at radius 3 is 2.17 bits per heavy atom. The molecule has 4 aromatic rings. The van der Waals surface area contributed by atoms with Crippen LogP contribution in [0.2, 0.25) is 0 Å². The van der Waals surface area contributed by atoms with Gasteiger partial charge in [-0.15, -0.1) is 0 Å². The van der Waals surface area contributed by atoms with Crippen LogP contribution in [0.3, 0.4) is 0 Å². The number of carbonyl (C=O) groups excluding carboxylic acids is 1. The molecule has 0 atom stereocenters. The third-order valence-electron chi connectivity index (χ3n) is 6.42. The average molecular weight is 501 g/mol. The topological polar surface area (TPSA) is 66.5 Å². The van der Waals surface area contributed by atoms with E-state index in [2.05, 4.69) is 41.7 Å². The number of benzene rings is 4. The summed E-state index contributed by atoms with van der Waals surface area (Å²) in [6.07, 6.45) is 2.95. The molecule has 186 valence electrons. The van der Waals surface area contributed by atoms with E-state index in [-0.39, 0.29) is 12.5 Å². The highest BCUT2D eigenvalue weighted by Crippen LogP contribution is 2.28. The number of para-hydroxylation sites is 1. The van der Waals surface area contributed by atoms with Crippen LogP contribution in [0.4, 0.5) is 5.69 Å². The second-order valence-electron chi connectivity index (χ2n) is 9.20. The van der Waals surface area contributed by atoms with E-state index >= 15 is 0 Å². The number of hydrogen-bond acceptors (Lipinski definition) is 3. The van der Waals surface area contributed by atoms with Gasteiger partial charge in [0.05, 0.1) is 18.5 Å². The SMILES string of the molecule is Cc1cccc(C)c1N(Cc1ccc(C(=O)NCCCc2cccc3ccccc23)cc1)S(C)(=O)=O. The first-order valence-corrected chi connectivity index (χ1v) is 14.0. The van der Waals surface area contributed by atoms with Crippen LogP contribution in [0.1, 0.15) is 39.0 Å². The van der Waals surface area contributed by atoms with E-state index in [4.69, 9.17) is 0 Å². The van der Waals surface area contributed by atoms with E-state index in [1.165, 1.54) is 26.9 Å². The predicted octanol–water partition coefficient (Wildman–Crippen LogP) is 5.79. The van der Waals surface area contributed by atoms with Gasteiger partial charge in [0.1, 0.15) is 0 Å². The van der Waals surface area contributed by atoms with Crippen molar-refractivity contribution >= 4 is 32.4 Å². The highest BCUT2D eigenvalue weighted by molar-refractivity contribution is 7.92. The van der Waals surface area contributed by atoms with Gasteiger partial charge in [0, 0.05) is 12.1 Å². The van der Waals surface area contributed by atoms with Crippen molar-refractivity contribution < 1.29 is 13.2 Å². The van der Waals surface area contributed by atoms with Crippen LogP contribution in [0.5, 0.6) is 0 Å². The summed E-state index contributed by atoms with van der Waals surface area (Å²) < 4.78 is 26.6. The lowest BCUT2D eigenvalue weighted by Gasteiger charge is -2.26. The monoisotopic (exact) mass is 500 g/mol. The largest absolute Gasteiger partial charge is 0.352 e. The number of carbonyl (C=O) groups is 1. The van der Waals surface area contributed by atoms with E-state index < -0.39 is 10.0 Å². The van der Waals surface area contributed by atoms with Crippen molar-refractivity contribution in [3.8, 4) is 0 Å². The molecule has 4 aromatic carbocycles. The smallest absolute Gasteiger partial charge is 0.251 e. The Kier molecular flexibility index (Phi) is 7.75. The number of rotatable bonds is 9. The molecular weight excluding hydrogens is 468 g/mol. The van der Waals surface area contributed by atoms with Crippen LogP contribution < -0.4 is 9.62 Å². The first-order valence-electron chi connectivity index (χ1n) is 12.1.